The first-order valence-electron chi connectivity index (χ1n) is 4.36. The van der Waals surface area contributed by atoms with Crippen molar-refractivity contribution in [1.29, 1.82) is 0 Å². The largest absolute Gasteiger partial charge is 0.409 e. The third-order valence-electron chi connectivity index (χ3n) is 1.65. The average Bonchev–Trinajstić information content (AvgIpc) is 2.21. The molecule has 4 nitrogen and oxygen atoms in total. The highest BCUT2D eigenvalue weighted by molar-refractivity contribution is 9.10. The van der Waals surface area contributed by atoms with Crippen molar-refractivity contribution >= 4 is 33.5 Å². The molecule has 0 bridgehead atoms. The maximum atomic E-state index is 8.42. The van der Waals surface area contributed by atoms with Gasteiger partial charge < -0.3 is 10.9 Å². The van der Waals surface area contributed by atoms with E-state index in [2.05, 4.69) is 26.1 Å². The van der Waals surface area contributed by atoms with Gasteiger partial charge in [-0.05, 0) is 28.1 Å². The summed E-state index contributed by atoms with van der Waals surface area (Å²) in [5.74, 6) is 0.243. The van der Waals surface area contributed by atoms with Crippen LogP contribution in [0.25, 0.3) is 0 Å². The normalized spacial score (nSPS) is 13.9. The fourth-order valence-electron chi connectivity index (χ4n) is 1.02. The van der Waals surface area contributed by atoms with Crippen LogP contribution in [0.2, 0.25) is 0 Å². The van der Waals surface area contributed by atoms with Crippen LogP contribution in [0.15, 0.2) is 33.0 Å². The second kappa shape index (κ2) is 5.97. The number of hydrogen-bond donors (Lipinski definition) is 2. The number of hydrogen-bond acceptors (Lipinski definition) is 4. The molecular weight excluding hydrogens is 278 g/mol. The summed E-state index contributed by atoms with van der Waals surface area (Å²) in [5.41, 5.74) is 5.41. The van der Waals surface area contributed by atoms with Crippen LogP contribution in [0.5, 0.6) is 0 Å². The third-order valence-corrected chi connectivity index (χ3v) is 3.17. The topological polar surface area (TPSA) is 71.5 Å². The van der Waals surface area contributed by atoms with Crippen LogP contribution in [0, 0.1) is 0 Å². The van der Waals surface area contributed by atoms with Gasteiger partial charge in [0.25, 0.3) is 0 Å². The molecule has 82 valence electrons. The van der Waals surface area contributed by atoms with Crippen LogP contribution in [0.1, 0.15) is 13.3 Å². The molecule has 1 aromatic heterocycles. The van der Waals surface area contributed by atoms with E-state index in [-0.39, 0.29) is 11.1 Å². The summed E-state index contributed by atoms with van der Waals surface area (Å²) in [5, 5.41) is 12.5. The molecule has 0 amide bonds. The van der Waals surface area contributed by atoms with Crippen LogP contribution in [0.4, 0.5) is 0 Å². The Morgan fingerprint density at radius 2 is 2.47 bits per heavy atom. The minimum atomic E-state index is 0.231. The van der Waals surface area contributed by atoms with Crippen molar-refractivity contribution in [1.82, 2.24) is 4.98 Å². The second-order valence-electron chi connectivity index (χ2n) is 3.04. The zero-order valence-corrected chi connectivity index (χ0v) is 10.6. The van der Waals surface area contributed by atoms with E-state index in [1.807, 2.05) is 19.1 Å². The summed E-state index contributed by atoms with van der Waals surface area (Å²) in [7, 11) is 0. The lowest BCUT2D eigenvalue weighted by Gasteiger charge is -2.08. The summed E-state index contributed by atoms with van der Waals surface area (Å²) in [6, 6.07) is 3.86. The van der Waals surface area contributed by atoms with Crippen molar-refractivity contribution in [2.24, 2.45) is 10.9 Å². The SMILES string of the molecule is CC(CC(N)=NO)Sc1ccc(Br)cn1. The van der Waals surface area contributed by atoms with E-state index in [1.54, 1.807) is 18.0 Å². The first-order valence-corrected chi connectivity index (χ1v) is 6.03. The number of oxime groups is 1. The van der Waals surface area contributed by atoms with Gasteiger partial charge in [-0.15, -0.1) is 11.8 Å². The molecule has 0 spiro atoms. The Hall–Kier alpha value is -0.750. The van der Waals surface area contributed by atoms with Gasteiger partial charge in [0.05, 0.1) is 5.03 Å². The molecule has 3 N–H and O–H groups in total. The van der Waals surface area contributed by atoms with Crippen molar-refractivity contribution in [3.63, 3.8) is 0 Å². The molecule has 1 aromatic rings. The van der Waals surface area contributed by atoms with Crippen molar-refractivity contribution in [2.45, 2.75) is 23.6 Å². The quantitative estimate of drug-likeness (QED) is 0.294. The summed E-state index contributed by atoms with van der Waals surface area (Å²) in [6.45, 7) is 2.01. The standard InChI is InChI=1S/C9H12BrN3OS/c1-6(4-8(11)13-14)15-9-3-2-7(10)5-12-9/h2-3,5-6,14H,4H2,1H3,(H2,11,13). The molecule has 0 aliphatic heterocycles. The van der Waals surface area contributed by atoms with E-state index >= 15 is 0 Å². The lowest BCUT2D eigenvalue weighted by molar-refractivity contribution is 0.317. The van der Waals surface area contributed by atoms with E-state index in [4.69, 9.17) is 10.9 Å². The van der Waals surface area contributed by atoms with Crippen molar-refractivity contribution in [3.8, 4) is 0 Å². The summed E-state index contributed by atoms with van der Waals surface area (Å²) in [6.07, 6.45) is 2.29. The molecule has 0 aromatic carbocycles. The molecule has 1 atom stereocenters. The predicted molar refractivity (Wildman–Crippen MR) is 65.3 cm³/mol. The van der Waals surface area contributed by atoms with Crippen LogP contribution in [-0.4, -0.2) is 21.3 Å². The van der Waals surface area contributed by atoms with E-state index in [0.717, 1.165) is 9.50 Å². The minimum Gasteiger partial charge on any atom is -0.409 e. The molecule has 0 saturated carbocycles. The zero-order valence-electron chi connectivity index (χ0n) is 8.22. The number of nitrogens with zero attached hydrogens (tertiary/aromatic N) is 2. The zero-order chi connectivity index (χ0) is 11.3. The molecule has 1 unspecified atom stereocenters. The van der Waals surface area contributed by atoms with Crippen molar-refractivity contribution in [3.05, 3.63) is 22.8 Å². The van der Waals surface area contributed by atoms with E-state index < -0.39 is 0 Å². The number of aromatic nitrogens is 1. The molecule has 1 rings (SSSR count). The fourth-order valence-corrected chi connectivity index (χ4v) is 2.18. The first-order chi connectivity index (χ1) is 7.11. The number of nitrogens with two attached hydrogens (primary N) is 1. The molecule has 15 heavy (non-hydrogen) atoms. The van der Waals surface area contributed by atoms with Gasteiger partial charge in [-0.1, -0.05) is 12.1 Å². The molecule has 0 aliphatic rings. The van der Waals surface area contributed by atoms with Crippen LogP contribution in [0.3, 0.4) is 0 Å². The lowest BCUT2D eigenvalue weighted by atomic mass is 10.3. The van der Waals surface area contributed by atoms with Crippen LogP contribution >= 0.6 is 27.7 Å². The molecular formula is C9H12BrN3OS. The molecule has 1 heterocycles. The number of rotatable bonds is 4. The molecule has 0 saturated heterocycles. The van der Waals surface area contributed by atoms with Gasteiger partial charge in [0.2, 0.25) is 0 Å². The Balaban J connectivity index is 2.51. The third kappa shape index (κ3) is 4.53. The Bertz CT molecular complexity index is 342. The first kappa shape index (κ1) is 12.3. The summed E-state index contributed by atoms with van der Waals surface area (Å²) in [4.78, 5) is 4.22. The predicted octanol–water partition coefficient (Wildman–Crippen LogP) is 2.46. The van der Waals surface area contributed by atoms with Gasteiger partial charge in [-0.2, -0.15) is 0 Å². The summed E-state index contributed by atoms with van der Waals surface area (Å²) < 4.78 is 0.955. The highest BCUT2D eigenvalue weighted by Crippen LogP contribution is 2.23. The van der Waals surface area contributed by atoms with Gasteiger partial charge in [-0.3, -0.25) is 0 Å². The number of halogens is 1. The fraction of sp³-hybridized carbons (Fsp3) is 0.333. The Morgan fingerprint density at radius 3 is 3.00 bits per heavy atom. The highest BCUT2D eigenvalue weighted by Gasteiger charge is 2.07. The smallest absolute Gasteiger partial charge is 0.140 e. The monoisotopic (exact) mass is 289 g/mol. The van der Waals surface area contributed by atoms with Crippen molar-refractivity contribution < 1.29 is 5.21 Å². The number of amidine groups is 1. The van der Waals surface area contributed by atoms with Crippen LogP contribution in [-0.2, 0) is 0 Å². The highest BCUT2D eigenvalue weighted by atomic mass is 79.9. The Labute approximate surface area is 101 Å². The van der Waals surface area contributed by atoms with Gasteiger partial charge in [-0.25, -0.2) is 4.98 Å². The maximum Gasteiger partial charge on any atom is 0.140 e. The minimum absolute atomic E-state index is 0.231. The Kier molecular flexibility index (Phi) is 4.90. The van der Waals surface area contributed by atoms with Gasteiger partial charge >= 0.3 is 0 Å². The maximum absolute atomic E-state index is 8.42. The molecule has 0 radical (unpaired) electrons. The van der Waals surface area contributed by atoms with Gasteiger partial charge in [0, 0.05) is 22.3 Å². The molecule has 6 heteroatoms. The Morgan fingerprint density at radius 1 is 1.73 bits per heavy atom. The van der Waals surface area contributed by atoms with E-state index in [0.29, 0.717) is 6.42 Å². The van der Waals surface area contributed by atoms with E-state index in [9.17, 15) is 0 Å². The number of pyridine rings is 1. The second-order valence-corrected chi connectivity index (χ2v) is 5.41. The average molecular weight is 290 g/mol. The number of thioether (sulfide) groups is 1. The van der Waals surface area contributed by atoms with Gasteiger partial charge in [0.15, 0.2) is 0 Å². The molecule has 0 aliphatic carbocycles. The van der Waals surface area contributed by atoms with Crippen LogP contribution < -0.4 is 5.73 Å². The summed E-state index contributed by atoms with van der Waals surface area (Å²) >= 11 is 4.91. The van der Waals surface area contributed by atoms with E-state index in [1.165, 1.54) is 0 Å². The van der Waals surface area contributed by atoms with Crippen molar-refractivity contribution in [2.75, 3.05) is 0 Å². The lowest BCUT2D eigenvalue weighted by Crippen LogP contribution is -2.16. The van der Waals surface area contributed by atoms with Gasteiger partial charge in [0.1, 0.15) is 5.84 Å². The molecule has 0 fully saturated rings.